The van der Waals surface area contributed by atoms with Gasteiger partial charge in [-0.2, -0.15) is 13.2 Å². The highest BCUT2D eigenvalue weighted by atomic mass is 19.4. The third-order valence-electron chi connectivity index (χ3n) is 1.82. The first kappa shape index (κ1) is 15.2. The minimum Gasteiger partial charge on any atom is -0.334 e. The van der Waals surface area contributed by atoms with Crippen LogP contribution in [0.2, 0.25) is 0 Å². The normalized spacial score (nSPS) is 12.7. The van der Waals surface area contributed by atoms with E-state index >= 15 is 0 Å². The van der Waals surface area contributed by atoms with E-state index in [0.29, 0.717) is 6.42 Å². The predicted octanol–water partition coefficient (Wildman–Crippen LogP) is 1.91. The number of halogens is 3. The summed E-state index contributed by atoms with van der Waals surface area (Å²) in [7, 11) is 0. The van der Waals surface area contributed by atoms with E-state index in [1.54, 1.807) is 20.8 Å². The van der Waals surface area contributed by atoms with Crippen LogP contribution < -0.4 is 5.73 Å². The van der Waals surface area contributed by atoms with Crippen molar-refractivity contribution in [3.05, 3.63) is 0 Å². The fraction of sp³-hybridized carbons (Fsp3) is 0.900. The van der Waals surface area contributed by atoms with Crippen molar-refractivity contribution in [3.8, 4) is 0 Å². The Morgan fingerprint density at radius 1 is 1.31 bits per heavy atom. The summed E-state index contributed by atoms with van der Waals surface area (Å²) >= 11 is 0. The van der Waals surface area contributed by atoms with E-state index in [2.05, 4.69) is 0 Å². The molecule has 0 rings (SSSR count). The SMILES string of the molecule is CCCN(CC(F)(F)F)C(=O)CC(C)(C)N. The van der Waals surface area contributed by atoms with Crippen LogP contribution in [0.4, 0.5) is 13.2 Å². The van der Waals surface area contributed by atoms with Gasteiger partial charge in [0.15, 0.2) is 0 Å². The van der Waals surface area contributed by atoms with Crippen molar-refractivity contribution in [1.29, 1.82) is 0 Å². The minimum absolute atomic E-state index is 0.0803. The molecule has 0 aliphatic carbocycles. The second-order valence-electron chi connectivity index (χ2n) is 4.60. The predicted molar refractivity (Wildman–Crippen MR) is 55.8 cm³/mol. The third-order valence-corrected chi connectivity index (χ3v) is 1.82. The van der Waals surface area contributed by atoms with Crippen LogP contribution in [0.25, 0.3) is 0 Å². The highest BCUT2D eigenvalue weighted by molar-refractivity contribution is 5.77. The van der Waals surface area contributed by atoms with Crippen molar-refractivity contribution in [3.63, 3.8) is 0 Å². The van der Waals surface area contributed by atoms with Crippen LogP contribution in [0.5, 0.6) is 0 Å². The molecular formula is C10H19F3N2O. The van der Waals surface area contributed by atoms with Crippen LogP contribution in [0.15, 0.2) is 0 Å². The Labute approximate surface area is 93.8 Å². The summed E-state index contributed by atoms with van der Waals surface area (Å²) in [5, 5.41) is 0. The van der Waals surface area contributed by atoms with Gasteiger partial charge in [-0.1, -0.05) is 6.92 Å². The van der Waals surface area contributed by atoms with E-state index in [-0.39, 0.29) is 13.0 Å². The number of carbonyl (C=O) groups is 1. The number of hydrogen-bond donors (Lipinski definition) is 1. The molecule has 0 aliphatic heterocycles. The molecule has 1 amide bonds. The average Bonchev–Trinajstić information content (AvgIpc) is 1.97. The van der Waals surface area contributed by atoms with Gasteiger partial charge in [0, 0.05) is 18.5 Å². The van der Waals surface area contributed by atoms with Gasteiger partial charge in [-0.25, -0.2) is 0 Å². The van der Waals surface area contributed by atoms with Gasteiger partial charge in [0.1, 0.15) is 6.54 Å². The number of amides is 1. The van der Waals surface area contributed by atoms with E-state index in [9.17, 15) is 18.0 Å². The standard InChI is InChI=1S/C10H19F3N2O/c1-4-5-15(7-10(11,12)13)8(16)6-9(2,3)14/h4-7,14H2,1-3H3. The molecule has 0 aliphatic rings. The summed E-state index contributed by atoms with van der Waals surface area (Å²) in [6.07, 6.45) is -3.94. The Morgan fingerprint density at radius 2 is 1.81 bits per heavy atom. The molecule has 0 saturated carbocycles. The number of carbonyl (C=O) groups excluding carboxylic acids is 1. The molecule has 0 aromatic rings. The molecule has 2 N–H and O–H groups in total. The molecule has 0 unspecified atom stereocenters. The highest BCUT2D eigenvalue weighted by Crippen LogP contribution is 2.18. The zero-order valence-electron chi connectivity index (χ0n) is 9.90. The van der Waals surface area contributed by atoms with E-state index in [1.807, 2.05) is 0 Å². The second-order valence-corrected chi connectivity index (χ2v) is 4.60. The maximum atomic E-state index is 12.2. The lowest BCUT2D eigenvalue weighted by atomic mass is 10.0. The molecule has 96 valence electrons. The Morgan fingerprint density at radius 3 is 2.12 bits per heavy atom. The number of nitrogens with two attached hydrogens (primary N) is 1. The van der Waals surface area contributed by atoms with Crippen LogP contribution in [0, 0.1) is 0 Å². The van der Waals surface area contributed by atoms with Gasteiger partial charge in [-0.15, -0.1) is 0 Å². The highest BCUT2D eigenvalue weighted by Gasteiger charge is 2.33. The maximum absolute atomic E-state index is 12.2. The Hall–Kier alpha value is -0.780. The summed E-state index contributed by atoms with van der Waals surface area (Å²) in [5.74, 6) is -0.549. The first-order valence-electron chi connectivity index (χ1n) is 5.18. The Kier molecular flexibility index (Phi) is 5.25. The lowest BCUT2D eigenvalue weighted by molar-refractivity contribution is -0.161. The van der Waals surface area contributed by atoms with Crippen molar-refractivity contribution in [2.45, 2.75) is 45.3 Å². The van der Waals surface area contributed by atoms with Gasteiger partial charge in [-0.3, -0.25) is 4.79 Å². The van der Waals surface area contributed by atoms with Crippen LogP contribution in [-0.4, -0.2) is 35.6 Å². The molecule has 0 bridgehead atoms. The lowest BCUT2D eigenvalue weighted by Gasteiger charge is -2.27. The van der Waals surface area contributed by atoms with Gasteiger partial charge >= 0.3 is 6.18 Å². The smallest absolute Gasteiger partial charge is 0.334 e. The number of hydrogen-bond acceptors (Lipinski definition) is 2. The molecule has 3 nitrogen and oxygen atoms in total. The first-order chi connectivity index (χ1) is 7.05. The fourth-order valence-corrected chi connectivity index (χ4v) is 1.28. The van der Waals surface area contributed by atoms with Crippen molar-refractivity contribution < 1.29 is 18.0 Å². The number of alkyl halides is 3. The molecule has 0 atom stereocenters. The van der Waals surface area contributed by atoms with Gasteiger partial charge < -0.3 is 10.6 Å². The number of nitrogens with zero attached hydrogens (tertiary/aromatic N) is 1. The summed E-state index contributed by atoms with van der Waals surface area (Å²) in [5.41, 5.74) is 4.82. The van der Waals surface area contributed by atoms with Gasteiger partial charge in [0.05, 0.1) is 0 Å². The first-order valence-corrected chi connectivity index (χ1v) is 5.18. The van der Waals surface area contributed by atoms with Gasteiger partial charge in [-0.05, 0) is 20.3 Å². The van der Waals surface area contributed by atoms with Crippen molar-refractivity contribution in [2.75, 3.05) is 13.1 Å². The van der Waals surface area contributed by atoms with Crippen LogP contribution in [0.3, 0.4) is 0 Å². The lowest BCUT2D eigenvalue weighted by Crippen LogP contribution is -2.44. The second kappa shape index (κ2) is 5.52. The molecule has 0 saturated heterocycles. The van der Waals surface area contributed by atoms with Gasteiger partial charge in [0.25, 0.3) is 0 Å². The third kappa shape index (κ3) is 7.50. The largest absolute Gasteiger partial charge is 0.406 e. The zero-order valence-corrected chi connectivity index (χ0v) is 9.90. The van der Waals surface area contributed by atoms with Crippen LogP contribution in [0.1, 0.15) is 33.6 Å². The molecule has 0 radical (unpaired) electrons. The quantitative estimate of drug-likeness (QED) is 0.798. The van der Waals surface area contributed by atoms with Crippen molar-refractivity contribution in [1.82, 2.24) is 4.90 Å². The van der Waals surface area contributed by atoms with Crippen LogP contribution in [-0.2, 0) is 4.79 Å². The summed E-state index contributed by atoms with van der Waals surface area (Å²) in [4.78, 5) is 12.4. The summed E-state index contributed by atoms with van der Waals surface area (Å²) in [6, 6.07) is 0. The molecule has 0 aromatic carbocycles. The molecule has 6 heteroatoms. The zero-order chi connectivity index (χ0) is 13.0. The molecular weight excluding hydrogens is 221 g/mol. The Bertz CT molecular complexity index is 233. The van der Waals surface area contributed by atoms with E-state index < -0.39 is 24.2 Å². The van der Waals surface area contributed by atoms with E-state index in [4.69, 9.17) is 5.73 Å². The fourth-order valence-electron chi connectivity index (χ4n) is 1.28. The number of rotatable bonds is 5. The monoisotopic (exact) mass is 240 g/mol. The Balaban J connectivity index is 4.47. The minimum atomic E-state index is -4.36. The molecule has 16 heavy (non-hydrogen) atoms. The topological polar surface area (TPSA) is 46.3 Å². The molecule has 0 fully saturated rings. The maximum Gasteiger partial charge on any atom is 0.406 e. The van der Waals surface area contributed by atoms with E-state index in [0.717, 1.165) is 4.90 Å². The summed E-state index contributed by atoms with van der Waals surface area (Å²) in [6.45, 7) is 3.86. The van der Waals surface area contributed by atoms with Crippen molar-refractivity contribution >= 4 is 5.91 Å². The average molecular weight is 240 g/mol. The summed E-state index contributed by atoms with van der Waals surface area (Å²) < 4.78 is 36.6. The van der Waals surface area contributed by atoms with E-state index in [1.165, 1.54) is 0 Å². The molecule has 0 aromatic heterocycles. The molecule has 0 heterocycles. The molecule has 0 spiro atoms. The van der Waals surface area contributed by atoms with Gasteiger partial charge in [0.2, 0.25) is 5.91 Å². The van der Waals surface area contributed by atoms with Crippen LogP contribution >= 0.6 is 0 Å². The van der Waals surface area contributed by atoms with Crippen molar-refractivity contribution in [2.24, 2.45) is 5.73 Å².